The average Bonchev–Trinajstić information content (AvgIpc) is 2.39. The first kappa shape index (κ1) is 17.1. The standard InChI is InChI=1S/C16H22S2/c17-15-13-11-9-7-5-3-1-2-4-6-8-10-12-14-16-18/h5-18H,1-4H2/b7-5+,8-6+,11-9+,12-10+,15-13+,16-14+. The highest BCUT2D eigenvalue weighted by Crippen LogP contribution is 2.02. The van der Waals surface area contributed by atoms with Crippen LogP contribution in [0.15, 0.2) is 71.6 Å². The molecule has 0 aromatic carbocycles. The summed E-state index contributed by atoms with van der Waals surface area (Å²) in [6, 6.07) is 0. The monoisotopic (exact) mass is 278 g/mol. The Bertz CT molecular complexity index is 297. The quantitative estimate of drug-likeness (QED) is 0.303. The van der Waals surface area contributed by atoms with Gasteiger partial charge in [-0.15, -0.1) is 0 Å². The van der Waals surface area contributed by atoms with E-state index in [9.17, 15) is 0 Å². The van der Waals surface area contributed by atoms with E-state index in [2.05, 4.69) is 49.6 Å². The molecule has 0 rings (SSSR count). The lowest BCUT2D eigenvalue weighted by atomic mass is 10.2. The molecule has 0 nitrogen and oxygen atoms in total. The predicted molar refractivity (Wildman–Crippen MR) is 91.3 cm³/mol. The lowest BCUT2D eigenvalue weighted by Crippen LogP contribution is -1.71. The van der Waals surface area contributed by atoms with Crippen LogP contribution in [0.3, 0.4) is 0 Å². The highest BCUT2D eigenvalue weighted by Gasteiger charge is 1.82. The summed E-state index contributed by atoms with van der Waals surface area (Å²) in [6.07, 6.45) is 25.1. The predicted octanol–water partition coefficient (Wildman–Crippen LogP) is 5.66. The van der Waals surface area contributed by atoms with E-state index in [0.29, 0.717) is 0 Å². The van der Waals surface area contributed by atoms with Crippen molar-refractivity contribution in [3.8, 4) is 0 Å². The Balaban J connectivity index is 3.40. The summed E-state index contributed by atoms with van der Waals surface area (Å²) in [5, 5.41) is 3.44. The molecule has 2 heteroatoms. The number of thiol groups is 2. The Labute approximate surface area is 122 Å². The molecule has 98 valence electrons. The van der Waals surface area contributed by atoms with Crippen molar-refractivity contribution in [2.75, 3.05) is 0 Å². The molecule has 0 aliphatic rings. The Hall–Kier alpha value is -0.860. The van der Waals surface area contributed by atoms with E-state index in [0.717, 1.165) is 12.8 Å². The van der Waals surface area contributed by atoms with Gasteiger partial charge < -0.3 is 0 Å². The van der Waals surface area contributed by atoms with Crippen molar-refractivity contribution >= 4 is 25.3 Å². The highest BCUT2D eigenvalue weighted by atomic mass is 32.1. The van der Waals surface area contributed by atoms with Crippen LogP contribution in [0.2, 0.25) is 0 Å². The van der Waals surface area contributed by atoms with Gasteiger partial charge in [-0.1, -0.05) is 60.8 Å². The lowest BCUT2D eigenvalue weighted by molar-refractivity contribution is 0.762. The zero-order chi connectivity index (χ0) is 13.3. The third kappa shape index (κ3) is 15.1. The Morgan fingerprint density at radius 3 is 1.28 bits per heavy atom. The normalized spacial score (nSPS) is 13.7. The molecule has 0 heterocycles. The molecule has 18 heavy (non-hydrogen) atoms. The van der Waals surface area contributed by atoms with Crippen molar-refractivity contribution in [1.29, 1.82) is 0 Å². The Morgan fingerprint density at radius 1 is 0.500 bits per heavy atom. The van der Waals surface area contributed by atoms with Crippen LogP contribution in [0.25, 0.3) is 0 Å². The molecule has 0 N–H and O–H groups in total. The molecule has 0 atom stereocenters. The minimum absolute atomic E-state index is 1.14. The topological polar surface area (TPSA) is 0 Å². The van der Waals surface area contributed by atoms with Crippen molar-refractivity contribution in [2.45, 2.75) is 25.7 Å². The molecule has 0 fully saturated rings. The Kier molecular flexibility index (Phi) is 15.4. The average molecular weight is 278 g/mol. The van der Waals surface area contributed by atoms with Crippen LogP contribution in [0, 0.1) is 0 Å². The molecule has 0 radical (unpaired) electrons. The van der Waals surface area contributed by atoms with Crippen LogP contribution >= 0.6 is 25.3 Å². The number of unbranched alkanes of at least 4 members (excludes halogenated alkanes) is 3. The summed E-state index contributed by atoms with van der Waals surface area (Å²) in [4.78, 5) is 0. The molecule has 0 spiro atoms. The lowest BCUT2D eigenvalue weighted by Gasteiger charge is -1.91. The molecule has 0 amide bonds. The summed E-state index contributed by atoms with van der Waals surface area (Å²) >= 11 is 7.93. The number of allylic oxidation sites excluding steroid dienone is 10. The SMILES string of the molecule is S/C=C/C=C/C=C/CCCC/C=C/C=C/C=C/S. The molecule has 0 aromatic heterocycles. The summed E-state index contributed by atoms with van der Waals surface area (Å²) in [6.45, 7) is 0. The number of rotatable bonds is 9. The van der Waals surface area contributed by atoms with Gasteiger partial charge in [0.2, 0.25) is 0 Å². The molecular weight excluding hydrogens is 256 g/mol. The van der Waals surface area contributed by atoms with Gasteiger partial charge >= 0.3 is 0 Å². The molecule has 0 saturated carbocycles. The third-order valence-corrected chi connectivity index (χ3v) is 2.45. The summed E-state index contributed by atoms with van der Waals surface area (Å²) < 4.78 is 0. The number of hydrogen-bond acceptors (Lipinski definition) is 2. The van der Waals surface area contributed by atoms with Gasteiger partial charge in [0.1, 0.15) is 0 Å². The van der Waals surface area contributed by atoms with E-state index < -0.39 is 0 Å². The zero-order valence-corrected chi connectivity index (χ0v) is 12.4. The highest BCUT2D eigenvalue weighted by molar-refractivity contribution is 7.83. The van der Waals surface area contributed by atoms with Crippen LogP contribution in [0.1, 0.15) is 25.7 Å². The van der Waals surface area contributed by atoms with E-state index in [-0.39, 0.29) is 0 Å². The van der Waals surface area contributed by atoms with Gasteiger partial charge in [-0.3, -0.25) is 0 Å². The first-order valence-electron chi connectivity index (χ1n) is 6.17. The molecular formula is C16H22S2. The maximum absolute atomic E-state index is 3.96. The largest absolute Gasteiger partial charge is 0.151 e. The maximum atomic E-state index is 3.96. The third-order valence-electron chi connectivity index (χ3n) is 2.10. The fourth-order valence-corrected chi connectivity index (χ4v) is 1.43. The van der Waals surface area contributed by atoms with Crippen molar-refractivity contribution in [1.82, 2.24) is 0 Å². The van der Waals surface area contributed by atoms with Crippen molar-refractivity contribution in [3.63, 3.8) is 0 Å². The summed E-state index contributed by atoms with van der Waals surface area (Å²) in [7, 11) is 0. The zero-order valence-electron chi connectivity index (χ0n) is 10.7. The van der Waals surface area contributed by atoms with Crippen molar-refractivity contribution < 1.29 is 0 Å². The second-order valence-electron chi connectivity index (χ2n) is 3.59. The maximum Gasteiger partial charge on any atom is -0.0324 e. The smallest absolute Gasteiger partial charge is 0.0324 e. The van der Waals surface area contributed by atoms with Gasteiger partial charge in [0.25, 0.3) is 0 Å². The molecule has 0 saturated heterocycles. The summed E-state index contributed by atoms with van der Waals surface area (Å²) in [5.41, 5.74) is 0. The molecule has 0 bridgehead atoms. The summed E-state index contributed by atoms with van der Waals surface area (Å²) in [5.74, 6) is 0. The van der Waals surface area contributed by atoms with E-state index in [4.69, 9.17) is 0 Å². The first-order valence-corrected chi connectivity index (χ1v) is 7.20. The first-order chi connectivity index (χ1) is 8.91. The number of hydrogen-bond donors (Lipinski definition) is 2. The van der Waals surface area contributed by atoms with E-state index in [1.54, 1.807) is 10.8 Å². The van der Waals surface area contributed by atoms with Gasteiger partial charge in [-0.05, 0) is 36.5 Å². The molecule has 0 aromatic rings. The van der Waals surface area contributed by atoms with Crippen LogP contribution in [-0.4, -0.2) is 0 Å². The minimum atomic E-state index is 1.14. The minimum Gasteiger partial charge on any atom is -0.151 e. The van der Waals surface area contributed by atoms with E-state index >= 15 is 0 Å². The van der Waals surface area contributed by atoms with Crippen molar-refractivity contribution in [2.24, 2.45) is 0 Å². The van der Waals surface area contributed by atoms with Gasteiger partial charge in [-0.2, -0.15) is 25.3 Å². The second kappa shape index (κ2) is 16.1. The molecule has 0 aliphatic heterocycles. The van der Waals surface area contributed by atoms with Gasteiger partial charge in [-0.25, -0.2) is 0 Å². The molecule has 0 aliphatic carbocycles. The van der Waals surface area contributed by atoms with Gasteiger partial charge in [0, 0.05) is 0 Å². The van der Waals surface area contributed by atoms with E-state index in [1.165, 1.54) is 12.8 Å². The molecule has 0 unspecified atom stereocenters. The van der Waals surface area contributed by atoms with Crippen LogP contribution in [-0.2, 0) is 0 Å². The van der Waals surface area contributed by atoms with Crippen LogP contribution < -0.4 is 0 Å². The van der Waals surface area contributed by atoms with Gasteiger partial charge in [0.15, 0.2) is 0 Å². The Morgan fingerprint density at radius 2 is 0.889 bits per heavy atom. The van der Waals surface area contributed by atoms with Crippen molar-refractivity contribution in [3.05, 3.63) is 71.6 Å². The fourth-order valence-electron chi connectivity index (χ4n) is 1.23. The second-order valence-corrected chi connectivity index (χ2v) is 4.19. The van der Waals surface area contributed by atoms with Crippen LogP contribution in [0.5, 0.6) is 0 Å². The van der Waals surface area contributed by atoms with E-state index in [1.807, 2.05) is 36.5 Å². The van der Waals surface area contributed by atoms with Crippen LogP contribution in [0.4, 0.5) is 0 Å². The van der Waals surface area contributed by atoms with Gasteiger partial charge in [0.05, 0.1) is 0 Å². The fraction of sp³-hybridized carbons (Fsp3) is 0.250.